The summed E-state index contributed by atoms with van der Waals surface area (Å²) in [5, 5.41) is 3.20. The van der Waals surface area contributed by atoms with E-state index in [0.717, 1.165) is 14.8 Å². The minimum atomic E-state index is -0.257. The lowest BCUT2D eigenvalue weighted by atomic mass is 10.1. The first-order valence-corrected chi connectivity index (χ1v) is 7.91. The highest BCUT2D eigenvalue weighted by Gasteiger charge is 2.15. The van der Waals surface area contributed by atoms with E-state index in [0.29, 0.717) is 22.1 Å². The standard InChI is InChI=1S/C16H15ClINO3/c1-9-6-11(18)4-5-13(9)19-16(20)10-7-12(17)15(22-3)14(8-10)21-2/h4-8H,1-3H3,(H,19,20). The highest BCUT2D eigenvalue weighted by atomic mass is 127. The summed E-state index contributed by atoms with van der Waals surface area (Å²) in [5.74, 6) is 0.567. The number of halogens is 2. The quantitative estimate of drug-likeness (QED) is 0.724. The van der Waals surface area contributed by atoms with Gasteiger partial charge in [0.15, 0.2) is 11.5 Å². The van der Waals surface area contributed by atoms with E-state index >= 15 is 0 Å². The van der Waals surface area contributed by atoms with E-state index in [4.69, 9.17) is 21.1 Å². The van der Waals surface area contributed by atoms with E-state index in [9.17, 15) is 4.79 Å². The summed E-state index contributed by atoms with van der Waals surface area (Å²) in [6, 6.07) is 8.96. The van der Waals surface area contributed by atoms with Crippen molar-refractivity contribution in [2.75, 3.05) is 19.5 Å². The number of ether oxygens (including phenoxy) is 2. The van der Waals surface area contributed by atoms with Crippen LogP contribution in [0.1, 0.15) is 15.9 Å². The number of benzene rings is 2. The summed E-state index contributed by atoms with van der Waals surface area (Å²) in [6.07, 6.45) is 0. The predicted octanol–water partition coefficient (Wildman–Crippen LogP) is 4.52. The van der Waals surface area contributed by atoms with Gasteiger partial charge >= 0.3 is 0 Å². The number of carbonyl (C=O) groups excluding carboxylic acids is 1. The molecule has 0 atom stereocenters. The third kappa shape index (κ3) is 3.64. The van der Waals surface area contributed by atoms with Crippen LogP contribution in [0.15, 0.2) is 30.3 Å². The molecule has 2 rings (SSSR count). The fourth-order valence-electron chi connectivity index (χ4n) is 2.01. The van der Waals surface area contributed by atoms with Crippen molar-refractivity contribution in [1.82, 2.24) is 0 Å². The first kappa shape index (κ1) is 16.9. The number of hydrogen-bond donors (Lipinski definition) is 1. The molecule has 0 fully saturated rings. The second kappa shape index (κ2) is 7.19. The summed E-state index contributed by atoms with van der Waals surface area (Å²) >= 11 is 8.35. The third-order valence-electron chi connectivity index (χ3n) is 3.13. The summed E-state index contributed by atoms with van der Waals surface area (Å²) in [5.41, 5.74) is 2.16. The molecule has 0 radical (unpaired) electrons. The molecular formula is C16H15ClINO3. The third-order valence-corrected chi connectivity index (χ3v) is 4.08. The van der Waals surface area contributed by atoms with Gasteiger partial charge in [0.2, 0.25) is 0 Å². The monoisotopic (exact) mass is 431 g/mol. The largest absolute Gasteiger partial charge is 0.493 e. The van der Waals surface area contributed by atoms with Gasteiger partial charge in [-0.05, 0) is 65.4 Å². The topological polar surface area (TPSA) is 47.6 Å². The Bertz CT molecular complexity index is 719. The molecule has 116 valence electrons. The van der Waals surface area contributed by atoms with Crippen LogP contribution < -0.4 is 14.8 Å². The molecule has 0 saturated heterocycles. The summed E-state index contributed by atoms with van der Waals surface area (Å²) in [4.78, 5) is 12.4. The fraction of sp³-hybridized carbons (Fsp3) is 0.188. The van der Waals surface area contributed by atoms with Crippen molar-refractivity contribution in [2.45, 2.75) is 6.92 Å². The first-order valence-electron chi connectivity index (χ1n) is 6.45. The molecule has 0 aromatic heterocycles. The van der Waals surface area contributed by atoms with Gasteiger partial charge < -0.3 is 14.8 Å². The number of carbonyl (C=O) groups is 1. The molecule has 0 unspecified atom stereocenters. The molecule has 0 aliphatic rings. The van der Waals surface area contributed by atoms with Crippen molar-refractivity contribution in [3.05, 3.63) is 50.1 Å². The zero-order chi connectivity index (χ0) is 16.3. The highest BCUT2D eigenvalue weighted by molar-refractivity contribution is 14.1. The minimum absolute atomic E-state index is 0.257. The molecule has 22 heavy (non-hydrogen) atoms. The number of methoxy groups -OCH3 is 2. The molecule has 6 heteroatoms. The van der Waals surface area contributed by atoms with Gasteiger partial charge in [-0.2, -0.15) is 0 Å². The van der Waals surface area contributed by atoms with Gasteiger partial charge in [0, 0.05) is 14.8 Å². The van der Waals surface area contributed by atoms with Gasteiger partial charge in [0.05, 0.1) is 19.2 Å². The lowest BCUT2D eigenvalue weighted by Gasteiger charge is -2.13. The second-order valence-electron chi connectivity index (χ2n) is 4.61. The average molecular weight is 432 g/mol. The maximum atomic E-state index is 12.4. The number of amides is 1. The number of hydrogen-bond acceptors (Lipinski definition) is 3. The van der Waals surface area contributed by atoms with Gasteiger partial charge in [-0.15, -0.1) is 0 Å². The second-order valence-corrected chi connectivity index (χ2v) is 6.26. The number of nitrogens with one attached hydrogen (secondary N) is 1. The maximum Gasteiger partial charge on any atom is 0.255 e. The molecule has 0 aliphatic heterocycles. The van der Waals surface area contributed by atoms with Crippen molar-refractivity contribution < 1.29 is 14.3 Å². The molecule has 0 saturated carbocycles. The van der Waals surface area contributed by atoms with Crippen LogP contribution in [-0.4, -0.2) is 20.1 Å². The van der Waals surface area contributed by atoms with Crippen LogP contribution in [0.5, 0.6) is 11.5 Å². The molecule has 0 spiro atoms. The zero-order valence-corrected chi connectivity index (χ0v) is 15.3. The fourth-order valence-corrected chi connectivity index (χ4v) is 2.95. The molecule has 1 N–H and O–H groups in total. The van der Waals surface area contributed by atoms with Gasteiger partial charge in [0.1, 0.15) is 0 Å². The van der Waals surface area contributed by atoms with E-state index in [1.807, 2.05) is 25.1 Å². The van der Waals surface area contributed by atoms with Crippen molar-refractivity contribution >= 4 is 45.8 Å². The van der Waals surface area contributed by atoms with Gasteiger partial charge in [0.25, 0.3) is 5.91 Å². The summed E-state index contributed by atoms with van der Waals surface area (Å²) in [7, 11) is 3.00. The first-order chi connectivity index (χ1) is 10.5. The number of anilines is 1. The zero-order valence-electron chi connectivity index (χ0n) is 12.4. The molecule has 4 nitrogen and oxygen atoms in total. The Labute approximate surface area is 147 Å². The highest BCUT2D eigenvalue weighted by Crippen LogP contribution is 2.36. The predicted molar refractivity (Wildman–Crippen MR) is 96.4 cm³/mol. The average Bonchev–Trinajstić information content (AvgIpc) is 2.49. The normalized spacial score (nSPS) is 10.2. The Morgan fingerprint density at radius 3 is 2.50 bits per heavy atom. The lowest BCUT2D eigenvalue weighted by molar-refractivity contribution is 0.102. The van der Waals surface area contributed by atoms with Gasteiger partial charge in [-0.25, -0.2) is 0 Å². The summed E-state index contributed by atoms with van der Waals surface area (Å²) < 4.78 is 11.5. The smallest absolute Gasteiger partial charge is 0.255 e. The van der Waals surface area contributed by atoms with Crippen molar-refractivity contribution in [3.63, 3.8) is 0 Å². The van der Waals surface area contributed by atoms with Crippen molar-refractivity contribution in [2.24, 2.45) is 0 Å². The van der Waals surface area contributed by atoms with Crippen molar-refractivity contribution in [3.8, 4) is 11.5 Å². The van der Waals surface area contributed by atoms with Crippen LogP contribution in [0.25, 0.3) is 0 Å². The van der Waals surface area contributed by atoms with Crippen LogP contribution in [0.4, 0.5) is 5.69 Å². The van der Waals surface area contributed by atoms with E-state index in [2.05, 4.69) is 27.9 Å². The Morgan fingerprint density at radius 2 is 1.91 bits per heavy atom. The molecule has 0 bridgehead atoms. The van der Waals surface area contributed by atoms with E-state index in [1.54, 1.807) is 12.1 Å². The molecule has 2 aromatic carbocycles. The number of rotatable bonds is 4. The molecule has 1 amide bonds. The molecule has 0 heterocycles. The summed E-state index contributed by atoms with van der Waals surface area (Å²) in [6.45, 7) is 1.94. The van der Waals surface area contributed by atoms with Crippen LogP contribution in [0.3, 0.4) is 0 Å². The SMILES string of the molecule is COc1cc(C(=O)Nc2ccc(I)cc2C)cc(Cl)c1OC. The van der Waals surface area contributed by atoms with E-state index in [-0.39, 0.29) is 5.91 Å². The van der Waals surface area contributed by atoms with Crippen LogP contribution >= 0.6 is 34.2 Å². The molecular weight excluding hydrogens is 417 g/mol. The van der Waals surface area contributed by atoms with Crippen LogP contribution in [-0.2, 0) is 0 Å². The Hall–Kier alpha value is -1.47. The Balaban J connectivity index is 2.31. The van der Waals surface area contributed by atoms with Crippen molar-refractivity contribution in [1.29, 1.82) is 0 Å². The van der Waals surface area contributed by atoms with Gasteiger partial charge in [-0.1, -0.05) is 11.6 Å². The van der Waals surface area contributed by atoms with Crippen LogP contribution in [0.2, 0.25) is 5.02 Å². The molecule has 2 aromatic rings. The Morgan fingerprint density at radius 1 is 1.18 bits per heavy atom. The lowest BCUT2D eigenvalue weighted by Crippen LogP contribution is -2.13. The van der Waals surface area contributed by atoms with E-state index in [1.165, 1.54) is 14.2 Å². The maximum absolute atomic E-state index is 12.4. The van der Waals surface area contributed by atoms with Gasteiger partial charge in [-0.3, -0.25) is 4.79 Å². The minimum Gasteiger partial charge on any atom is -0.493 e. The van der Waals surface area contributed by atoms with E-state index < -0.39 is 0 Å². The van der Waals surface area contributed by atoms with Crippen LogP contribution in [0, 0.1) is 10.5 Å². The molecule has 0 aliphatic carbocycles. The Kier molecular flexibility index (Phi) is 5.52. The number of aryl methyl sites for hydroxylation is 1.